The number of allylic oxidation sites excluding steroid dienone is 5. The summed E-state index contributed by atoms with van der Waals surface area (Å²) in [5.74, 6) is 2.58. The molecule has 0 amide bonds. The van der Waals surface area contributed by atoms with Crippen LogP contribution in [0.25, 0.3) is 11.1 Å². The molecule has 3 aliphatic carbocycles. The third kappa shape index (κ3) is 3.08. The monoisotopic (exact) mass is 404 g/mol. The summed E-state index contributed by atoms with van der Waals surface area (Å²) in [4.78, 5) is 4.25. The Bertz CT molecular complexity index is 1120. The third-order valence-electron chi connectivity index (χ3n) is 7.88. The molecule has 2 fully saturated rings. The van der Waals surface area contributed by atoms with E-state index in [4.69, 9.17) is 5.41 Å². The summed E-state index contributed by atoms with van der Waals surface area (Å²) in [5.41, 5.74) is 7.08. The van der Waals surface area contributed by atoms with Gasteiger partial charge in [0.1, 0.15) is 0 Å². The van der Waals surface area contributed by atoms with Gasteiger partial charge in [-0.25, -0.2) is 0 Å². The van der Waals surface area contributed by atoms with Crippen molar-refractivity contribution in [3.63, 3.8) is 0 Å². The summed E-state index contributed by atoms with van der Waals surface area (Å²) in [7, 11) is 0. The van der Waals surface area contributed by atoms with Crippen LogP contribution < -0.4 is 0 Å². The molecule has 2 aromatic carbocycles. The third-order valence-corrected chi connectivity index (χ3v) is 7.88. The summed E-state index contributed by atoms with van der Waals surface area (Å²) in [6.45, 7) is 0.836. The molecule has 154 valence electrons. The van der Waals surface area contributed by atoms with Crippen LogP contribution in [-0.4, -0.2) is 19.0 Å². The maximum absolute atomic E-state index is 7.88. The Balaban J connectivity index is 1.09. The van der Waals surface area contributed by atoms with Crippen molar-refractivity contribution in [3.05, 3.63) is 95.6 Å². The molecule has 2 heteroatoms. The molecule has 4 unspecified atom stereocenters. The standard InChI is InChI=1S/C29H28N2/c30-18-25(5-3-4-20-15-17-31-19-20)23-9-7-21(8-10-23)22-11-13-24(14-12-22)27-28-26-6-1-2-16-29(26,27)28/h1-2,6-16,18-19,25-28,30H,3-5,17H2/t25?,26?,27?,28?,29-/m0/s1. The molecule has 1 aliphatic heterocycles. The SMILES string of the molecule is N=CC(CCCC1=CCN=C1)c1ccc(-c2ccc(C3C4C5C=CC=C[C@]534)cc2)cc1. The van der Waals surface area contributed by atoms with E-state index >= 15 is 0 Å². The van der Waals surface area contributed by atoms with Crippen LogP contribution in [-0.2, 0) is 0 Å². The fourth-order valence-electron chi connectivity index (χ4n) is 5.99. The fourth-order valence-corrected chi connectivity index (χ4v) is 5.99. The first-order valence-electron chi connectivity index (χ1n) is 11.6. The van der Waals surface area contributed by atoms with Gasteiger partial charge in [-0.05, 0) is 64.8 Å². The van der Waals surface area contributed by atoms with Crippen LogP contribution >= 0.6 is 0 Å². The molecule has 1 spiro atoms. The second-order valence-corrected chi connectivity index (χ2v) is 9.46. The van der Waals surface area contributed by atoms with Gasteiger partial charge in [0.15, 0.2) is 0 Å². The summed E-state index contributed by atoms with van der Waals surface area (Å²) >= 11 is 0. The Labute approximate surface area is 184 Å². The largest absolute Gasteiger partial charge is 0.312 e. The second-order valence-electron chi connectivity index (χ2n) is 9.46. The maximum Gasteiger partial charge on any atom is 0.0576 e. The van der Waals surface area contributed by atoms with E-state index in [0.29, 0.717) is 5.41 Å². The molecule has 2 saturated carbocycles. The number of rotatable bonds is 8. The zero-order valence-corrected chi connectivity index (χ0v) is 17.7. The van der Waals surface area contributed by atoms with Crippen molar-refractivity contribution in [2.45, 2.75) is 31.1 Å². The Kier molecular flexibility index (Phi) is 4.41. The molecule has 0 bridgehead atoms. The van der Waals surface area contributed by atoms with Gasteiger partial charge in [0, 0.05) is 23.8 Å². The zero-order chi connectivity index (χ0) is 20.8. The van der Waals surface area contributed by atoms with Gasteiger partial charge >= 0.3 is 0 Å². The number of hydrogen-bond acceptors (Lipinski definition) is 2. The van der Waals surface area contributed by atoms with Gasteiger partial charge in [-0.1, -0.05) is 78.9 Å². The normalized spacial score (nSPS) is 29.8. The van der Waals surface area contributed by atoms with Gasteiger partial charge < -0.3 is 5.41 Å². The van der Waals surface area contributed by atoms with Crippen LogP contribution in [0.2, 0.25) is 0 Å². The predicted molar refractivity (Wildman–Crippen MR) is 129 cm³/mol. The Morgan fingerprint density at radius 1 is 1.03 bits per heavy atom. The van der Waals surface area contributed by atoms with Crippen LogP contribution in [0.1, 0.15) is 42.2 Å². The van der Waals surface area contributed by atoms with E-state index < -0.39 is 0 Å². The molecular formula is C29H28N2. The van der Waals surface area contributed by atoms with Gasteiger partial charge in [0.2, 0.25) is 0 Å². The van der Waals surface area contributed by atoms with Gasteiger partial charge in [0.05, 0.1) is 6.54 Å². The van der Waals surface area contributed by atoms with E-state index in [1.165, 1.54) is 27.8 Å². The average molecular weight is 405 g/mol. The van der Waals surface area contributed by atoms with E-state index in [0.717, 1.165) is 43.6 Å². The lowest BCUT2D eigenvalue weighted by molar-refractivity contribution is 0.581. The highest BCUT2D eigenvalue weighted by Gasteiger charge is 2.84. The predicted octanol–water partition coefficient (Wildman–Crippen LogP) is 6.72. The van der Waals surface area contributed by atoms with Crippen molar-refractivity contribution in [2.75, 3.05) is 6.54 Å². The number of nitrogens with zero attached hydrogens (tertiary/aromatic N) is 1. The molecule has 2 nitrogen and oxygen atoms in total. The molecule has 4 aliphatic rings. The lowest BCUT2D eigenvalue weighted by Crippen LogP contribution is -2.06. The van der Waals surface area contributed by atoms with Crippen LogP contribution in [0.15, 0.2) is 89.5 Å². The quantitative estimate of drug-likeness (QED) is 0.474. The number of aliphatic imine (C=N–C) groups is 1. The minimum absolute atomic E-state index is 0.196. The van der Waals surface area contributed by atoms with Crippen molar-refractivity contribution in [1.29, 1.82) is 5.41 Å². The highest BCUT2D eigenvalue weighted by atomic mass is 14.9. The first-order chi connectivity index (χ1) is 15.3. The first-order valence-corrected chi connectivity index (χ1v) is 11.6. The molecule has 1 heterocycles. The topological polar surface area (TPSA) is 36.2 Å². The van der Waals surface area contributed by atoms with E-state index in [1.807, 2.05) is 6.21 Å². The van der Waals surface area contributed by atoms with Crippen molar-refractivity contribution in [3.8, 4) is 11.1 Å². The molecule has 0 aromatic heterocycles. The zero-order valence-electron chi connectivity index (χ0n) is 17.7. The highest BCUT2D eigenvalue weighted by molar-refractivity contribution is 5.80. The van der Waals surface area contributed by atoms with Crippen LogP contribution in [0.4, 0.5) is 0 Å². The fraction of sp³-hybridized carbons (Fsp3) is 0.310. The van der Waals surface area contributed by atoms with Crippen molar-refractivity contribution in [2.24, 2.45) is 22.2 Å². The van der Waals surface area contributed by atoms with Crippen LogP contribution in [0.3, 0.4) is 0 Å². The Morgan fingerprint density at radius 3 is 2.48 bits per heavy atom. The van der Waals surface area contributed by atoms with Crippen LogP contribution in [0, 0.1) is 22.7 Å². The molecule has 2 aromatic rings. The number of hydrogen-bond donors (Lipinski definition) is 1. The molecule has 5 atom stereocenters. The summed E-state index contributed by atoms with van der Waals surface area (Å²) in [6.07, 6.45) is 18.2. The van der Waals surface area contributed by atoms with E-state index in [-0.39, 0.29) is 5.92 Å². The summed E-state index contributed by atoms with van der Waals surface area (Å²) in [5, 5.41) is 7.88. The minimum Gasteiger partial charge on any atom is -0.312 e. The minimum atomic E-state index is 0.196. The number of benzene rings is 2. The summed E-state index contributed by atoms with van der Waals surface area (Å²) < 4.78 is 0. The maximum atomic E-state index is 7.88. The lowest BCUT2D eigenvalue weighted by atomic mass is 9.87. The smallest absolute Gasteiger partial charge is 0.0576 e. The van der Waals surface area contributed by atoms with Gasteiger partial charge in [0.25, 0.3) is 0 Å². The molecule has 0 radical (unpaired) electrons. The lowest BCUT2D eigenvalue weighted by Gasteiger charge is -2.17. The Hall–Kier alpha value is -3.00. The van der Waals surface area contributed by atoms with Gasteiger partial charge in [-0.3, -0.25) is 4.99 Å². The average Bonchev–Trinajstić information content (AvgIpc) is 3.57. The van der Waals surface area contributed by atoms with Crippen LogP contribution in [0.5, 0.6) is 0 Å². The number of fused-ring (bicyclic) bond motifs is 1. The molecule has 6 rings (SSSR count). The van der Waals surface area contributed by atoms with Crippen molar-refractivity contribution >= 4 is 12.4 Å². The second kappa shape index (κ2) is 7.30. The van der Waals surface area contributed by atoms with E-state index in [1.54, 1.807) is 6.21 Å². The Morgan fingerprint density at radius 2 is 1.81 bits per heavy atom. The molecule has 0 saturated heterocycles. The molecule has 1 N–H and O–H groups in total. The number of nitrogens with one attached hydrogen (secondary N) is 1. The van der Waals surface area contributed by atoms with E-state index in [2.05, 4.69) is 83.9 Å². The van der Waals surface area contributed by atoms with Gasteiger partial charge in [-0.2, -0.15) is 0 Å². The molecule has 31 heavy (non-hydrogen) atoms. The summed E-state index contributed by atoms with van der Waals surface area (Å²) in [6, 6.07) is 18.1. The van der Waals surface area contributed by atoms with E-state index in [9.17, 15) is 0 Å². The van der Waals surface area contributed by atoms with Crippen molar-refractivity contribution in [1.82, 2.24) is 0 Å². The van der Waals surface area contributed by atoms with Crippen molar-refractivity contribution < 1.29 is 0 Å². The first kappa shape index (κ1) is 18.7. The highest BCUT2D eigenvalue weighted by Crippen LogP contribution is 2.89. The molecular weight excluding hydrogens is 376 g/mol. The van der Waals surface area contributed by atoms with Gasteiger partial charge in [-0.15, -0.1) is 0 Å².